The van der Waals surface area contributed by atoms with Gasteiger partial charge in [0, 0.05) is 21.2 Å². The first-order valence-electron chi connectivity index (χ1n) is 13.9. The molecule has 0 saturated heterocycles. The summed E-state index contributed by atoms with van der Waals surface area (Å²) in [5.41, 5.74) is 10.5. The second-order valence-electron chi connectivity index (χ2n) is 12.1. The molecule has 0 aliphatic heterocycles. The number of hydrogen-bond donors (Lipinski definition) is 0. The van der Waals surface area contributed by atoms with E-state index in [2.05, 4.69) is 74.5 Å². The molecule has 2 fully saturated rings. The summed E-state index contributed by atoms with van der Waals surface area (Å²) >= 11 is 6.33. The molecule has 1 aromatic heterocycles. The lowest BCUT2D eigenvalue weighted by atomic mass is 9.49. The van der Waals surface area contributed by atoms with Crippen molar-refractivity contribution in [2.75, 3.05) is 0 Å². The minimum Gasteiger partial charge on any atom is -0.456 e. The van der Waals surface area contributed by atoms with E-state index in [1.54, 1.807) is 11.1 Å². The zero-order chi connectivity index (χ0) is 24.9. The van der Waals surface area contributed by atoms with Crippen molar-refractivity contribution < 1.29 is 4.42 Å². The van der Waals surface area contributed by atoms with Gasteiger partial charge in [-0.3, -0.25) is 0 Å². The Morgan fingerprint density at radius 3 is 2.32 bits per heavy atom. The maximum Gasteiger partial charge on any atom is 0.135 e. The van der Waals surface area contributed by atoms with Crippen molar-refractivity contribution >= 4 is 33.5 Å². The summed E-state index contributed by atoms with van der Waals surface area (Å²) in [7, 11) is 0. The summed E-state index contributed by atoms with van der Waals surface area (Å²) in [6.07, 6.45) is 5.50. The first-order valence-corrected chi connectivity index (χ1v) is 14.3. The monoisotopic (exact) mass is 502 g/mol. The van der Waals surface area contributed by atoms with Crippen molar-refractivity contribution in [1.29, 1.82) is 0 Å². The Morgan fingerprint density at radius 1 is 0.703 bits per heavy atom. The smallest absolute Gasteiger partial charge is 0.135 e. The lowest BCUT2D eigenvalue weighted by molar-refractivity contribution is 0.0426. The largest absolute Gasteiger partial charge is 0.456 e. The second-order valence-corrected chi connectivity index (χ2v) is 12.6. The molecule has 1 nitrogen and oxygen atoms in total. The van der Waals surface area contributed by atoms with Crippen LogP contribution in [0.1, 0.15) is 50.7 Å². The topological polar surface area (TPSA) is 13.1 Å². The summed E-state index contributed by atoms with van der Waals surface area (Å²) in [5, 5.41) is 2.93. The third kappa shape index (κ3) is 2.98. The lowest BCUT2D eigenvalue weighted by Gasteiger charge is -2.54. The van der Waals surface area contributed by atoms with Crippen LogP contribution in [0.2, 0.25) is 5.02 Å². The molecule has 0 radical (unpaired) electrons. The van der Waals surface area contributed by atoms with Gasteiger partial charge in [0.15, 0.2) is 0 Å². The predicted octanol–water partition coefficient (Wildman–Crippen LogP) is 10.3. The molecule has 2 saturated carbocycles. The SMILES string of the molecule is CC1CC2CC(C)C3(c4ccccc4-c4cc(-c5ccc6oc7ccc(Cl)cc7c6c5)ccc43)C(C1)C2. The highest BCUT2D eigenvalue weighted by Crippen LogP contribution is 2.64. The Morgan fingerprint density at radius 2 is 1.43 bits per heavy atom. The molecular weight excluding hydrogens is 472 g/mol. The average Bonchev–Trinajstić information content (AvgIpc) is 3.40. The van der Waals surface area contributed by atoms with Gasteiger partial charge >= 0.3 is 0 Å². The van der Waals surface area contributed by atoms with Gasteiger partial charge in [0.05, 0.1) is 0 Å². The van der Waals surface area contributed by atoms with Crippen molar-refractivity contribution in [3.05, 3.63) is 95.0 Å². The van der Waals surface area contributed by atoms with Crippen molar-refractivity contribution in [2.45, 2.75) is 44.9 Å². The van der Waals surface area contributed by atoms with Gasteiger partial charge < -0.3 is 4.42 Å². The van der Waals surface area contributed by atoms with E-state index in [0.29, 0.717) is 5.92 Å². The number of hydrogen-bond acceptors (Lipinski definition) is 1. The van der Waals surface area contributed by atoms with E-state index in [1.807, 2.05) is 18.2 Å². The van der Waals surface area contributed by atoms with E-state index in [9.17, 15) is 0 Å². The van der Waals surface area contributed by atoms with Crippen molar-refractivity contribution in [3.63, 3.8) is 0 Å². The first-order chi connectivity index (χ1) is 18.0. The van der Waals surface area contributed by atoms with Crippen molar-refractivity contribution in [1.82, 2.24) is 0 Å². The number of fused-ring (bicyclic) bond motifs is 11. The van der Waals surface area contributed by atoms with E-state index in [-0.39, 0.29) is 5.41 Å². The first kappa shape index (κ1) is 22.0. The summed E-state index contributed by atoms with van der Waals surface area (Å²) in [6, 6.07) is 29.1. The molecule has 5 atom stereocenters. The summed E-state index contributed by atoms with van der Waals surface area (Å²) in [5.74, 6) is 3.12. The molecule has 3 aliphatic rings. The number of halogens is 1. The van der Waals surface area contributed by atoms with Crippen LogP contribution in [0.4, 0.5) is 0 Å². The van der Waals surface area contributed by atoms with Crippen LogP contribution >= 0.6 is 11.6 Å². The van der Waals surface area contributed by atoms with E-state index in [0.717, 1.165) is 44.7 Å². The summed E-state index contributed by atoms with van der Waals surface area (Å²) < 4.78 is 6.09. The fraction of sp³-hybridized carbons (Fsp3) is 0.314. The molecule has 5 aromatic rings. The van der Waals surface area contributed by atoms with Crippen LogP contribution in [0.5, 0.6) is 0 Å². The normalized spacial score (nSPS) is 28.1. The highest BCUT2D eigenvalue weighted by Gasteiger charge is 2.56. The van der Waals surface area contributed by atoms with Crippen molar-refractivity contribution in [3.8, 4) is 22.3 Å². The number of rotatable bonds is 1. The van der Waals surface area contributed by atoms with Gasteiger partial charge in [-0.25, -0.2) is 0 Å². The Bertz CT molecular complexity index is 1710. The van der Waals surface area contributed by atoms with Gasteiger partial charge in [0.1, 0.15) is 11.2 Å². The Labute approximate surface area is 223 Å². The third-order valence-electron chi connectivity index (χ3n) is 10.0. The molecule has 2 heteroatoms. The summed E-state index contributed by atoms with van der Waals surface area (Å²) in [6.45, 7) is 5.02. The fourth-order valence-corrected chi connectivity index (χ4v) is 9.00. The molecule has 2 bridgehead atoms. The van der Waals surface area contributed by atoms with Gasteiger partial charge in [-0.15, -0.1) is 0 Å². The van der Waals surface area contributed by atoms with Crippen LogP contribution in [-0.4, -0.2) is 0 Å². The van der Waals surface area contributed by atoms with Crippen LogP contribution in [0, 0.1) is 23.7 Å². The van der Waals surface area contributed by atoms with Crippen molar-refractivity contribution in [2.24, 2.45) is 23.7 Å². The molecule has 37 heavy (non-hydrogen) atoms. The zero-order valence-electron chi connectivity index (χ0n) is 21.4. The van der Waals surface area contributed by atoms with Crippen LogP contribution in [0.3, 0.4) is 0 Å². The van der Waals surface area contributed by atoms with Gasteiger partial charge in [0.25, 0.3) is 0 Å². The lowest BCUT2D eigenvalue weighted by Crippen LogP contribution is -2.49. The van der Waals surface area contributed by atoms with Crippen LogP contribution in [-0.2, 0) is 5.41 Å². The molecule has 1 spiro atoms. The number of benzene rings is 4. The molecule has 4 aromatic carbocycles. The predicted molar refractivity (Wildman–Crippen MR) is 154 cm³/mol. The van der Waals surface area contributed by atoms with Gasteiger partial charge in [-0.1, -0.05) is 67.9 Å². The van der Waals surface area contributed by atoms with Crippen LogP contribution < -0.4 is 0 Å². The Kier molecular flexibility index (Phi) is 4.60. The highest BCUT2D eigenvalue weighted by molar-refractivity contribution is 6.31. The van der Waals surface area contributed by atoms with Gasteiger partial charge in [0.2, 0.25) is 0 Å². The van der Waals surface area contributed by atoms with Crippen LogP contribution in [0.15, 0.2) is 83.3 Å². The van der Waals surface area contributed by atoms with E-state index in [4.69, 9.17) is 16.0 Å². The molecule has 3 aliphatic carbocycles. The second kappa shape index (κ2) is 7.74. The average molecular weight is 503 g/mol. The molecule has 5 unspecified atom stereocenters. The third-order valence-corrected chi connectivity index (χ3v) is 10.3. The molecule has 8 rings (SSSR count). The Balaban J connectivity index is 1.32. The van der Waals surface area contributed by atoms with E-state index >= 15 is 0 Å². The quantitative estimate of drug-likeness (QED) is 0.222. The van der Waals surface area contributed by atoms with Gasteiger partial charge in [-0.2, -0.15) is 0 Å². The minimum atomic E-state index is 0.150. The maximum atomic E-state index is 6.33. The van der Waals surface area contributed by atoms with Crippen LogP contribution in [0.25, 0.3) is 44.2 Å². The Hall–Kier alpha value is -3.03. The van der Waals surface area contributed by atoms with Gasteiger partial charge in [-0.05, 0) is 119 Å². The molecule has 1 heterocycles. The summed E-state index contributed by atoms with van der Waals surface area (Å²) in [4.78, 5) is 0. The maximum absolute atomic E-state index is 6.33. The molecular formula is C35H31ClO. The zero-order valence-corrected chi connectivity index (χ0v) is 22.2. The standard InChI is InChI=1S/C35H31ClO/c1-20-13-22-15-21(2)35(25(14-20)16-22)31-6-4-3-5-27(31)28-17-23(7-10-32(28)35)24-8-11-33-29(18-24)30-19-26(36)9-12-34(30)37-33/h3-12,17-22,25H,13-16H2,1-2H3. The van der Waals surface area contributed by atoms with E-state index < -0.39 is 0 Å². The fourth-order valence-electron chi connectivity index (χ4n) is 8.83. The minimum absolute atomic E-state index is 0.150. The number of furan rings is 1. The molecule has 184 valence electrons. The molecule has 0 N–H and O–H groups in total. The molecule has 0 amide bonds. The van der Waals surface area contributed by atoms with E-state index in [1.165, 1.54) is 47.9 Å². The highest BCUT2D eigenvalue weighted by atomic mass is 35.5.